The fourth-order valence-electron chi connectivity index (χ4n) is 4.20. The molecule has 204 valence electrons. The van der Waals surface area contributed by atoms with Crippen molar-refractivity contribution in [1.82, 2.24) is 19.7 Å². The molecule has 1 unspecified atom stereocenters. The van der Waals surface area contributed by atoms with Crippen LogP contribution >= 0.6 is 34.8 Å². The zero-order chi connectivity index (χ0) is 28.5. The van der Waals surface area contributed by atoms with Crippen LogP contribution in [0.5, 0.6) is 11.5 Å². The molecule has 0 aliphatic rings. The second-order valence-corrected chi connectivity index (χ2v) is 10.3. The van der Waals surface area contributed by atoms with Crippen LogP contribution in [-0.2, 0) is 12.0 Å². The Hall–Kier alpha value is -3.70. The molecule has 2 aromatic heterocycles. The molecule has 0 amide bonds. The molecular weight excluding hydrogens is 572 g/mol. The van der Waals surface area contributed by atoms with Crippen molar-refractivity contribution < 1.29 is 9.13 Å². The largest absolute Gasteiger partial charge is 0.457 e. The third kappa shape index (κ3) is 7.28. The molecular formula is C30H25Cl3FN5O. The number of nitriles is 1. The van der Waals surface area contributed by atoms with Gasteiger partial charge in [-0.05, 0) is 66.6 Å². The first-order chi connectivity index (χ1) is 19.3. The fourth-order valence-corrected chi connectivity index (χ4v) is 4.90. The lowest BCUT2D eigenvalue weighted by molar-refractivity contribution is 0.390. The summed E-state index contributed by atoms with van der Waals surface area (Å²) in [5, 5.41) is 16.2. The molecule has 0 aliphatic heterocycles. The molecule has 0 radical (unpaired) electrons. The number of benzene rings is 3. The molecule has 10 heteroatoms. The Morgan fingerprint density at radius 2 is 1.75 bits per heavy atom. The number of fused-ring (bicyclic) bond motifs is 1. The lowest BCUT2D eigenvalue weighted by atomic mass is 9.77. The van der Waals surface area contributed by atoms with Crippen LogP contribution < -0.4 is 4.74 Å². The third-order valence-electron chi connectivity index (χ3n) is 6.23. The first-order valence-electron chi connectivity index (χ1n) is 12.5. The van der Waals surface area contributed by atoms with Gasteiger partial charge in [-0.15, -0.1) is 0 Å². The van der Waals surface area contributed by atoms with E-state index in [2.05, 4.69) is 28.1 Å². The summed E-state index contributed by atoms with van der Waals surface area (Å²) in [6.45, 7) is 2.63. The van der Waals surface area contributed by atoms with Crippen molar-refractivity contribution in [1.29, 1.82) is 5.26 Å². The topological polar surface area (TPSA) is 76.6 Å². The minimum atomic E-state index is -0.589. The average molecular weight is 597 g/mol. The number of nitrogens with zero attached hydrogens (tertiary/aromatic N) is 5. The van der Waals surface area contributed by atoms with E-state index in [1.54, 1.807) is 47.5 Å². The molecule has 5 rings (SSSR count). The molecule has 0 bridgehead atoms. The van der Waals surface area contributed by atoms with Crippen molar-refractivity contribution in [3.8, 4) is 17.6 Å². The average Bonchev–Trinajstić information content (AvgIpc) is 3.46. The van der Waals surface area contributed by atoms with Crippen molar-refractivity contribution in [2.24, 2.45) is 0 Å². The fraction of sp³-hybridized carbons (Fsp3) is 0.200. The first-order valence-corrected chi connectivity index (χ1v) is 13.6. The molecule has 2 heterocycles. The zero-order valence-corrected chi connectivity index (χ0v) is 23.8. The van der Waals surface area contributed by atoms with Crippen LogP contribution in [0.15, 0.2) is 85.6 Å². The van der Waals surface area contributed by atoms with E-state index < -0.39 is 5.41 Å². The predicted molar refractivity (Wildman–Crippen MR) is 157 cm³/mol. The van der Waals surface area contributed by atoms with Crippen molar-refractivity contribution in [3.63, 3.8) is 0 Å². The molecule has 0 fully saturated rings. The van der Waals surface area contributed by atoms with E-state index in [4.69, 9.17) is 39.5 Å². The van der Waals surface area contributed by atoms with Gasteiger partial charge in [-0.1, -0.05) is 66.7 Å². The predicted octanol–water partition coefficient (Wildman–Crippen LogP) is 9.06. The Labute approximate surface area is 246 Å². The number of unbranched alkanes of at least 4 members (excludes halogenated alkanes) is 1. The van der Waals surface area contributed by atoms with Gasteiger partial charge in [0.2, 0.25) is 0 Å². The summed E-state index contributed by atoms with van der Waals surface area (Å²) in [6, 6.07) is 20.8. The number of rotatable bonds is 8. The first kappa shape index (κ1) is 29.3. The standard InChI is InChI=1S/C15H8Cl2FNO.C15H17ClN4/c16-9-7-12(17)15-13(8-9)19-6-5-14(15)20-11-3-1-10(18)2-4-11;1-2-3-8-15(9-17,10-20-12-18-11-19-20)13-4-6-14(16)7-5-13/h1-8H;4-7,11-12H,2-3,8,10H2,1H3. The summed E-state index contributed by atoms with van der Waals surface area (Å²) in [4.78, 5) is 8.16. The Morgan fingerprint density at radius 3 is 2.40 bits per heavy atom. The van der Waals surface area contributed by atoms with Gasteiger partial charge in [-0.2, -0.15) is 10.4 Å². The van der Waals surface area contributed by atoms with Crippen molar-refractivity contribution >= 4 is 45.7 Å². The highest BCUT2D eigenvalue weighted by molar-refractivity contribution is 6.39. The Bertz CT molecular complexity index is 1590. The molecule has 40 heavy (non-hydrogen) atoms. The van der Waals surface area contributed by atoms with Gasteiger partial charge >= 0.3 is 0 Å². The van der Waals surface area contributed by atoms with Crippen LogP contribution in [0, 0.1) is 17.1 Å². The number of aromatic nitrogens is 4. The summed E-state index contributed by atoms with van der Waals surface area (Å²) in [7, 11) is 0. The normalized spacial score (nSPS) is 12.2. The van der Waals surface area contributed by atoms with E-state index in [-0.39, 0.29) is 5.82 Å². The van der Waals surface area contributed by atoms with Gasteiger partial charge in [-0.3, -0.25) is 9.67 Å². The van der Waals surface area contributed by atoms with Gasteiger partial charge in [0, 0.05) is 16.2 Å². The molecule has 5 aromatic rings. The number of hydrogen-bond donors (Lipinski definition) is 0. The van der Waals surface area contributed by atoms with E-state index >= 15 is 0 Å². The van der Waals surface area contributed by atoms with Crippen LogP contribution in [0.1, 0.15) is 31.7 Å². The van der Waals surface area contributed by atoms with Crippen molar-refractivity contribution in [2.45, 2.75) is 38.1 Å². The number of ether oxygens (including phenoxy) is 1. The lowest BCUT2D eigenvalue weighted by Gasteiger charge is -2.27. The van der Waals surface area contributed by atoms with Crippen LogP contribution in [-0.4, -0.2) is 19.7 Å². The maximum absolute atomic E-state index is 12.9. The lowest BCUT2D eigenvalue weighted by Crippen LogP contribution is -2.30. The number of hydrogen-bond acceptors (Lipinski definition) is 5. The van der Waals surface area contributed by atoms with Gasteiger partial charge in [0.1, 0.15) is 35.4 Å². The van der Waals surface area contributed by atoms with E-state index in [1.165, 1.54) is 18.5 Å². The zero-order valence-electron chi connectivity index (χ0n) is 21.6. The second-order valence-electron chi connectivity index (χ2n) is 9.04. The van der Waals surface area contributed by atoms with Crippen LogP contribution in [0.3, 0.4) is 0 Å². The van der Waals surface area contributed by atoms with E-state index in [0.717, 1.165) is 24.8 Å². The summed E-state index contributed by atoms with van der Waals surface area (Å²) in [5.74, 6) is 0.745. The van der Waals surface area contributed by atoms with Crippen LogP contribution in [0.2, 0.25) is 15.1 Å². The molecule has 0 aliphatic carbocycles. The minimum Gasteiger partial charge on any atom is -0.457 e. The Morgan fingerprint density at radius 1 is 1.00 bits per heavy atom. The smallest absolute Gasteiger partial charge is 0.139 e. The summed E-state index contributed by atoms with van der Waals surface area (Å²) < 4.78 is 20.3. The van der Waals surface area contributed by atoms with Gasteiger partial charge in [-0.25, -0.2) is 9.37 Å². The molecule has 0 spiro atoms. The molecule has 0 saturated heterocycles. The SMILES string of the molecule is CCCCC(C#N)(Cn1cncn1)c1ccc(Cl)cc1.Fc1ccc(Oc2ccnc3cc(Cl)cc(Cl)c23)cc1. The number of pyridine rings is 1. The van der Waals surface area contributed by atoms with Crippen LogP contribution in [0.25, 0.3) is 10.9 Å². The van der Waals surface area contributed by atoms with Crippen LogP contribution in [0.4, 0.5) is 4.39 Å². The van der Waals surface area contributed by atoms with E-state index in [1.807, 2.05) is 24.3 Å². The Balaban J connectivity index is 0.000000185. The Kier molecular flexibility index (Phi) is 9.94. The quantitative estimate of drug-likeness (QED) is 0.179. The van der Waals surface area contributed by atoms with E-state index in [0.29, 0.717) is 44.0 Å². The summed E-state index contributed by atoms with van der Waals surface area (Å²) >= 11 is 18.1. The molecule has 3 aromatic carbocycles. The van der Waals surface area contributed by atoms with Gasteiger partial charge < -0.3 is 4.74 Å². The molecule has 0 N–H and O–H groups in total. The highest BCUT2D eigenvalue weighted by Crippen LogP contribution is 2.36. The van der Waals surface area contributed by atoms with Gasteiger partial charge in [0.05, 0.1) is 28.5 Å². The third-order valence-corrected chi connectivity index (χ3v) is 7.00. The summed E-state index contributed by atoms with van der Waals surface area (Å²) in [6.07, 6.45) is 7.58. The van der Waals surface area contributed by atoms with E-state index in [9.17, 15) is 9.65 Å². The maximum Gasteiger partial charge on any atom is 0.139 e. The minimum absolute atomic E-state index is 0.318. The highest BCUT2D eigenvalue weighted by Gasteiger charge is 2.32. The molecule has 1 atom stereocenters. The highest BCUT2D eigenvalue weighted by atomic mass is 35.5. The van der Waals surface area contributed by atoms with Crippen molar-refractivity contribution in [2.75, 3.05) is 0 Å². The molecule has 0 saturated carbocycles. The summed E-state index contributed by atoms with van der Waals surface area (Å²) in [5.41, 5.74) is 1.03. The van der Waals surface area contributed by atoms with Crippen molar-refractivity contribution in [3.05, 3.63) is 112 Å². The van der Waals surface area contributed by atoms with Gasteiger partial charge in [0.15, 0.2) is 0 Å². The second kappa shape index (κ2) is 13.6. The maximum atomic E-state index is 12.9. The molecule has 6 nitrogen and oxygen atoms in total. The monoisotopic (exact) mass is 595 g/mol. The van der Waals surface area contributed by atoms with Gasteiger partial charge in [0.25, 0.3) is 0 Å². The number of halogens is 4.